The average Bonchev–Trinajstić information content (AvgIpc) is 3.46. The van der Waals surface area contributed by atoms with Crippen molar-refractivity contribution >= 4 is 27.8 Å². The number of hydrogen-bond donors (Lipinski definition) is 2. The molecule has 0 amide bonds. The largest absolute Gasteiger partial charge is 0.479 e. The summed E-state index contributed by atoms with van der Waals surface area (Å²) < 4.78 is 37.7. The fourth-order valence-corrected chi connectivity index (χ4v) is 5.08. The minimum absolute atomic E-state index is 0.0229. The smallest absolute Gasteiger partial charge is 0.335 e. The molecule has 1 aliphatic heterocycles. The number of rotatable bonds is 4. The number of H-pyrrole nitrogens is 1. The van der Waals surface area contributed by atoms with Crippen LogP contribution in [0.25, 0.3) is 27.5 Å². The molecule has 0 saturated carbocycles. The molecule has 2 aromatic heterocycles. The molecule has 1 aliphatic rings. The molecule has 8 heteroatoms. The Morgan fingerprint density at radius 3 is 2.73 bits per heavy atom. The summed E-state index contributed by atoms with van der Waals surface area (Å²) in [5, 5.41) is 17.5. The van der Waals surface area contributed by atoms with Gasteiger partial charge in [-0.2, -0.15) is 5.10 Å². The third-order valence-corrected chi connectivity index (χ3v) is 6.73. The van der Waals surface area contributed by atoms with Crippen LogP contribution in [0, 0.1) is 18.6 Å². The first-order valence-electron chi connectivity index (χ1n) is 11.0. The number of ether oxygens (including phenoxy) is 1. The number of benzene rings is 2. The Labute approximate surface area is 189 Å². The van der Waals surface area contributed by atoms with E-state index in [1.165, 1.54) is 6.07 Å². The van der Waals surface area contributed by atoms with Crippen molar-refractivity contribution in [3.05, 3.63) is 58.9 Å². The van der Waals surface area contributed by atoms with Gasteiger partial charge in [0, 0.05) is 28.1 Å². The average molecular weight is 453 g/mol. The van der Waals surface area contributed by atoms with Gasteiger partial charge in [0.2, 0.25) is 0 Å². The summed E-state index contributed by atoms with van der Waals surface area (Å²) in [5.41, 5.74) is 2.39. The molecule has 0 unspecified atom stereocenters. The second-order valence-electron chi connectivity index (χ2n) is 9.39. The molecule has 0 aliphatic carbocycles. The SMILES string of the molecule is Cc1cc(-n2c(C(C)C)c([C@@H]3CO[C@@](C)(C(=O)O)C3)c3c(F)c4[nH]ncc4cc32)ccc1F. The zero-order valence-electron chi connectivity index (χ0n) is 18.9. The molecule has 4 aromatic rings. The Kier molecular flexibility index (Phi) is 4.83. The third-order valence-electron chi connectivity index (χ3n) is 6.73. The fraction of sp³-hybridized carbons (Fsp3) is 0.360. The number of carbonyl (C=O) groups is 1. The first-order chi connectivity index (χ1) is 15.6. The molecular formula is C25H25F2N3O3. The number of aromatic amines is 1. The van der Waals surface area contributed by atoms with Crippen LogP contribution in [0.15, 0.2) is 30.5 Å². The third kappa shape index (κ3) is 3.15. The van der Waals surface area contributed by atoms with Crippen LogP contribution in [-0.4, -0.2) is 38.0 Å². The van der Waals surface area contributed by atoms with Crippen molar-refractivity contribution in [2.75, 3.05) is 6.61 Å². The molecule has 1 saturated heterocycles. The van der Waals surface area contributed by atoms with Crippen LogP contribution in [0.2, 0.25) is 0 Å². The maximum absolute atomic E-state index is 16.0. The van der Waals surface area contributed by atoms with Gasteiger partial charge in [-0.3, -0.25) is 5.10 Å². The van der Waals surface area contributed by atoms with E-state index in [1.54, 1.807) is 32.2 Å². The van der Waals surface area contributed by atoms with Gasteiger partial charge < -0.3 is 14.4 Å². The van der Waals surface area contributed by atoms with E-state index in [2.05, 4.69) is 10.2 Å². The molecule has 33 heavy (non-hydrogen) atoms. The standard InChI is InChI=1S/C25H25F2N3O3/c1-12(2)23-19(15-9-25(4,24(31)32)33-11-15)20-18(8-14-10-28-29-22(14)21(20)27)30(23)16-5-6-17(26)13(3)7-16/h5-8,10,12,15H,9,11H2,1-4H3,(H,28,29)(H,31,32)/t15-,25+/m0/s1. The Morgan fingerprint density at radius 2 is 2.09 bits per heavy atom. The number of halogens is 2. The summed E-state index contributed by atoms with van der Waals surface area (Å²) in [5.74, 6) is -2.12. The topological polar surface area (TPSA) is 80.1 Å². The number of nitrogens with one attached hydrogen (secondary N) is 1. The molecule has 0 radical (unpaired) electrons. The maximum Gasteiger partial charge on any atom is 0.335 e. The lowest BCUT2D eigenvalue weighted by Crippen LogP contribution is -2.34. The van der Waals surface area contributed by atoms with Crippen LogP contribution >= 0.6 is 0 Å². The van der Waals surface area contributed by atoms with Gasteiger partial charge in [-0.05, 0) is 61.6 Å². The van der Waals surface area contributed by atoms with Crippen LogP contribution in [0.5, 0.6) is 0 Å². The summed E-state index contributed by atoms with van der Waals surface area (Å²) in [6, 6.07) is 6.71. The first kappa shape index (κ1) is 21.6. The Balaban J connectivity index is 1.88. The van der Waals surface area contributed by atoms with E-state index in [0.717, 1.165) is 16.9 Å². The van der Waals surface area contributed by atoms with Gasteiger partial charge in [0.05, 0.1) is 18.3 Å². The van der Waals surface area contributed by atoms with Crippen LogP contribution in [0.3, 0.4) is 0 Å². The van der Waals surface area contributed by atoms with Crippen molar-refractivity contribution in [3.8, 4) is 5.69 Å². The summed E-state index contributed by atoms with van der Waals surface area (Å²) >= 11 is 0. The van der Waals surface area contributed by atoms with Crippen molar-refractivity contribution in [2.24, 2.45) is 0 Å². The Morgan fingerprint density at radius 1 is 1.33 bits per heavy atom. The van der Waals surface area contributed by atoms with Gasteiger partial charge in [0.15, 0.2) is 11.4 Å². The zero-order chi connectivity index (χ0) is 23.7. The van der Waals surface area contributed by atoms with E-state index in [0.29, 0.717) is 27.4 Å². The summed E-state index contributed by atoms with van der Waals surface area (Å²) in [4.78, 5) is 11.8. The Bertz CT molecular complexity index is 1420. The molecule has 172 valence electrons. The van der Waals surface area contributed by atoms with Crippen LogP contribution in [-0.2, 0) is 9.53 Å². The van der Waals surface area contributed by atoms with Crippen molar-refractivity contribution < 1.29 is 23.4 Å². The first-order valence-corrected chi connectivity index (χ1v) is 11.0. The molecule has 6 nitrogen and oxygen atoms in total. The lowest BCUT2D eigenvalue weighted by atomic mass is 9.86. The van der Waals surface area contributed by atoms with Crippen molar-refractivity contribution in [1.29, 1.82) is 0 Å². The molecular weight excluding hydrogens is 428 g/mol. The van der Waals surface area contributed by atoms with E-state index < -0.39 is 17.4 Å². The minimum atomic E-state index is -1.34. The Hall–Kier alpha value is -3.26. The van der Waals surface area contributed by atoms with E-state index in [1.807, 2.05) is 24.5 Å². The number of carboxylic acid groups (broad SMARTS) is 1. The zero-order valence-corrected chi connectivity index (χ0v) is 18.9. The lowest BCUT2D eigenvalue weighted by Gasteiger charge is -2.19. The molecule has 3 heterocycles. The second kappa shape index (κ2) is 7.38. The van der Waals surface area contributed by atoms with Crippen molar-refractivity contribution in [2.45, 2.75) is 51.6 Å². The highest BCUT2D eigenvalue weighted by atomic mass is 19.1. The van der Waals surface area contributed by atoms with E-state index >= 15 is 4.39 Å². The number of carboxylic acids is 1. The summed E-state index contributed by atoms with van der Waals surface area (Å²) in [6.07, 6.45) is 1.80. The molecule has 1 fully saturated rings. The van der Waals surface area contributed by atoms with Crippen LogP contribution in [0.1, 0.15) is 55.8 Å². The quantitative estimate of drug-likeness (QED) is 0.424. The van der Waals surface area contributed by atoms with Gasteiger partial charge >= 0.3 is 5.97 Å². The minimum Gasteiger partial charge on any atom is -0.479 e. The fourth-order valence-electron chi connectivity index (χ4n) is 5.08. The highest BCUT2D eigenvalue weighted by molar-refractivity contribution is 6.00. The highest BCUT2D eigenvalue weighted by Crippen LogP contribution is 2.46. The number of aliphatic carboxylic acids is 1. The normalized spacial score (nSPS) is 21.0. The molecule has 0 spiro atoms. The molecule has 0 bridgehead atoms. The summed E-state index contributed by atoms with van der Waals surface area (Å²) in [7, 11) is 0. The number of aryl methyl sites for hydroxylation is 1. The maximum atomic E-state index is 16.0. The van der Waals surface area contributed by atoms with E-state index in [9.17, 15) is 14.3 Å². The molecule has 2 N–H and O–H groups in total. The molecule has 5 rings (SSSR count). The van der Waals surface area contributed by atoms with Crippen molar-refractivity contribution in [1.82, 2.24) is 14.8 Å². The number of hydrogen-bond acceptors (Lipinski definition) is 3. The van der Waals surface area contributed by atoms with E-state index in [-0.39, 0.29) is 30.7 Å². The predicted molar refractivity (Wildman–Crippen MR) is 121 cm³/mol. The van der Waals surface area contributed by atoms with Gasteiger partial charge in [0.25, 0.3) is 0 Å². The van der Waals surface area contributed by atoms with Gasteiger partial charge in [-0.15, -0.1) is 0 Å². The van der Waals surface area contributed by atoms with Gasteiger partial charge in [-0.1, -0.05) is 13.8 Å². The van der Waals surface area contributed by atoms with Crippen molar-refractivity contribution in [3.63, 3.8) is 0 Å². The van der Waals surface area contributed by atoms with E-state index in [4.69, 9.17) is 4.74 Å². The monoisotopic (exact) mass is 453 g/mol. The van der Waals surface area contributed by atoms with Gasteiger partial charge in [0.1, 0.15) is 11.3 Å². The van der Waals surface area contributed by atoms with Crippen LogP contribution < -0.4 is 0 Å². The lowest BCUT2D eigenvalue weighted by molar-refractivity contribution is -0.157. The highest BCUT2D eigenvalue weighted by Gasteiger charge is 2.45. The number of nitrogens with zero attached hydrogens (tertiary/aromatic N) is 2. The number of fused-ring (bicyclic) bond motifs is 2. The summed E-state index contributed by atoms with van der Waals surface area (Å²) in [6.45, 7) is 7.45. The number of aromatic nitrogens is 3. The van der Waals surface area contributed by atoms with Crippen LogP contribution in [0.4, 0.5) is 8.78 Å². The predicted octanol–water partition coefficient (Wildman–Crippen LogP) is 5.56. The van der Waals surface area contributed by atoms with Gasteiger partial charge in [-0.25, -0.2) is 13.6 Å². The molecule has 2 aromatic carbocycles. The second-order valence-corrected chi connectivity index (χ2v) is 9.39. The molecule has 2 atom stereocenters.